The van der Waals surface area contributed by atoms with Gasteiger partial charge in [0.05, 0.1) is 0 Å². The standard InChI is InChI=1S/C24H20P.C14H22O/c1-5-13-21(14-6-1)25(22-15-7-2-8-16-22,23-17-9-3-10-18-23)24-19-11-4-12-20-24;1-12(2)8-4-3-5-9-13-10-6-7-11-14(13)15/h1-20H;6-7,10-12,15H,3-5,8-9H2,1-2H3/q+1;/p-1. The zero-order valence-corrected chi connectivity index (χ0v) is 24.7. The summed E-state index contributed by atoms with van der Waals surface area (Å²) in [6, 6.07) is 51.2. The van der Waals surface area contributed by atoms with Crippen LogP contribution in [0.2, 0.25) is 0 Å². The lowest BCUT2D eigenvalue weighted by atomic mass is 10.0. The second kappa shape index (κ2) is 15.2. The summed E-state index contributed by atoms with van der Waals surface area (Å²) in [6.45, 7) is 4.51. The molecule has 0 atom stereocenters. The quantitative estimate of drug-likeness (QED) is 0.130. The number of aryl methyl sites for hydroxylation is 1. The Kier molecular flexibility index (Phi) is 11.1. The van der Waals surface area contributed by atoms with Gasteiger partial charge in [-0.1, -0.05) is 136 Å². The van der Waals surface area contributed by atoms with Gasteiger partial charge in [-0.15, -0.1) is 5.75 Å². The Morgan fingerprint density at radius 3 is 1.23 bits per heavy atom. The molecule has 0 aliphatic carbocycles. The minimum Gasteiger partial charge on any atom is -0.872 e. The smallest absolute Gasteiger partial charge is 0.144 e. The highest BCUT2D eigenvalue weighted by Crippen LogP contribution is 2.53. The van der Waals surface area contributed by atoms with Crippen molar-refractivity contribution in [3.8, 4) is 5.75 Å². The molecule has 0 aliphatic heterocycles. The summed E-state index contributed by atoms with van der Waals surface area (Å²) in [7, 11) is -1.91. The SMILES string of the molecule is CC(C)CCCCCc1ccccc1[O-].c1ccc([P+](c2ccccc2)(c2ccccc2)c2ccccc2)cc1. The van der Waals surface area contributed by atoms with Gasteiger partial charge < -0.3 is 5.11 Å². The van der Waals surface area contributed by atoms with Crippen molar-refractivity contribution in [2.45, 2.75) is 46.0 Å². The van der Waals surface area contributed by atoms with Crippen LogP contribution in [0, 0.1) is 5.92 Å². The molecular weight excluding hydrogens is 503 g/mol. The van der Waals surface area contributed by atoms with Gasteiger partial charge in [-0.05, 0) is 67.3 Å². The van der Waals surface area contributed by atoms with E-state index in [0.29, 0.717) is 0 Å². The summed E-state index contributed by atoms with van der Waals surface area (Å²) < 4.78 is 0. The van der Waals surface area contributed by atoms with Crippen LogP contribution in [0.1, 0.15) is 45.1 Å². The Morgan fingerprint density at radius 1 is 0.475 bits per heavy atom. The molecule has 0 spiro atoms. The van der Waals surface area contributed by atoms with Crippen LogP contribution in [0.5, 0.6) is 5.75 Å². The Balaban J connectivity index is 0.000000212. The molecule has 0 saturated carbocycles. The fourth-order valence-electron chi connectivity index (χ4n) is 5.26. The number of hydrogen-bond donors (Lipinski definition) is 0. The number of benzene rings is 5. The molecule has 2 heteroatoms. The molecule has 1 nitrogen and oxygen atoms in total. The number of rotatable bonds is 10. The molecule has 0 heterocycles. The van der Waals surface area contributed by atoms with Crippen molar-refractivity contribution in [1.82, 2.24) is 0 Å². The van der Waals surface area contributed by atoms with Gasteiger partial charge in [0.25, 0.3) is 0 Å². The molecule has 0 amide bonds. The lowest BCUT2D eigenvalue weighted by Gasteiger charge is -2.27. The average molecular weight is 545 g/mol. The van der Waals surface area contributed by atoms with Crippen LogP contribution in [-0.2, 0) is 6.42 Å². The lowest BCUT2D eigenvalue weighted by molar-refractivity contribution is -0.269. The maximum absolute atomic E-state index is 11.4. The van der Waals surface area contributed by atoms with Gasteiger partial charge in [-0.3, -0.25) is 0 Å². The molecule has 204 valence electrons. The van der Waals surface area contributed by atoms with E-state index in [-0.39, 0.29) is 5.75 Å². The van der Waals surface area contributed by atoms with Crippen LogP contribution >= 0.6 is 7.26 Å². The van der Waals surface area contributed by atoms with Crippen LogP contribution in [0.15, 0.2) is 146 Å². The first kappa shape index (κ1) is 29.3. The molecule has 0 N–H and O–H groups in total. The van der Waals surface area contributed by atoms with Gasteiger partial charge >= 0.3 is 0 Å². The predicted octanol–water partition coefficient (Wildman–Crippen LogP) is 7.83. The highest BCUT2D eigenvalue weighted by molar-refractivity contribution is 8.01. The van der Waals surface area contributed by atoms with Crippen molar-refractivity contribution in [1.29, 1.82) is 0 Å². The van der Waals surface area contributed by atoms with Gasteiger partial charge in [-0.2, -0.15) is 0 Å². The molecule has 5 aromatic rings. The molecule has 5 aromatic carbocycles. The average Bonchev–Trinajstić information content (AvgIpc) is 3.01. The highest BCUT2D eigenvalue weighted by Gasteiger charge is 2.47. The summed E-state index contributed by atoms with van der Waals surface area (Å²) in [6.07, 6.45) is 5.92. The molecular formula is C38H41OP. The van der Waals surface area contributed by atoms with Crippen LogP contribution in [0.25, 0.3) is 0 Å². The third kappa shape index (κ3) is 7.50. The second-order valence-corrected chi connectivity index (χ2v) is 14.0. The van der Waals surface area contributed by atoms with Crippen molar-refractivity contribution >= 4 is 28.5 Å². The third-order valence-electron chi connectivity index (χ3n) is 7.27. The minimum atomic E-state index is -1.91. The molecule has 0 saturated heterocycles. The highest BCUT2D eigenvalue weighted by atomic mass is 31.2. The van der Waals surface area contributed by atoms with E-state index >= 15 is 0 Å². The van der Waals surface area contributed by atoms with E-state index < -0.39 is 7.26 Å². The van der Waals surface area contributed by atoms with Crippen molar-refractivity contribution in [2.75, 3.05) is 0 Å². The first-order chi connectivity index (χ1) is 19.6. The second-order valence-electron chi connectivity index (χ2n) is 10.6. The molecule has 0 bridgehead atoms. The summed E-state index contributed by atoms with van der Waals surface area (Å²) in [5.41, 5.74) is 0.974. The summed E-state index contributed by atoms with van der Waals surface area (Å²) >= 11 is 0. The summed E-state index contributed by atoms with van der Waals surface area (Å²) in [5.74, 6) is 0.998. The Morgan fingerprint density at radius 2 is 0.850 bits per heavy atom. The molecule has 0 aliphatic rings. The van der Waals surface area contributed by atoms with Crippen LogP contribution < -0.4 is 26.3 Å². The fourth-order valence-corrected chi connectivity index (χ4v) is 9.52. The molecule has 5 rings (SSSR count). The van der Waals surface area contributed by atoms with E-state index in [0.717, 1.165) is 24.3 Å². The van der Waals surface area contributed by atoms with E-state index in [1.54, 1.807) is 6.07 Å². The van der Waals surface area contributed by atoms with E-state index in [4.69, 9.17) is 0 Å². The van der Waals surface area contributed by atoms with Gasteiger partial charge in [0.1, 0.15) is 28.5 Å². The van der Waals surface area contributed by atoms with Gasteiger partial charge in [0.2, 0.25) is 0 Å². The minimum absolute atomic E-state index is 0.196. The third-order valence-corrected chi connectivity index (χ3v) is 11.6. The summed E-state index contributed by atoms with van der Waals surface area (Å²) in [5, 5.41) is 16.9. The number of unbranched alkanes of at least 4 members (excludes halogenated alkanes) is 2. The monoisotopic (exact) mass is 544 g/mol. The zero-order valence-electron chi connectivity index (χ0n) is 23.8. The van der Waals surface area contributed by atoms with E-state index in [2.05, 4.69) is 135 Å². The Bertz CT molecular complexity index is 1220. The molecule has 0 unspecified atom stereocenters. The van der Waals surface area contributed by atoms with E-state index in [1.807, 2.05) is 18.2 Å². The Hall–Kier alpha value is -3.67. The first-order valence-corrected chi connectivity index (χ1v) is 16.3. The summed E-state index contributed by atoms with van der Waals surface area (Å²) in [4.78, 5) is 0. The molecule has 0 aromatic heterocycles. The number of para-hydroxylation sites is 1. The first-order valence-electron chi connectivity index (χ1n) is 14.5. The lowest BCUT2D eigenvalue weighted by Crippen LogP contribution is -2.38. The number of hydrogen-bond acceptors (Lipinski definition) is 1. The molecule has 0 fully saturated rings. The molecule has 40 heavy (non-hydrogen) atoms. The largest absolute Gasteiger partial charge is 0.872 e. The normalized spacial score (nSPS) is 11.1. The van der Waals surface area contributed by atoms with Gasteiger partial charge in [0, 0.05) is 0 Å². The maximum atomic E-state index is 11.4. The van der Waals surface area contributed by atoms with Crippen LogP contribution in [0.3, 0.4) is 0 Å². The van der Waals surface area contributed by atoms with Crippen LogP contribution in [-0.4, -0.2) is 0 Å². The van der Waals surface area contributed by atoms with Gasteiger partial charge in [-0.25, -0.2) is 0 Å². The van der Waals surface area contributed by atoms with Crippen molar-refractivity contribution in [2.24, 2.45) is 5.92 Å². The fraction of sp³-hybridized carbons (Fsp3) is 0.211. The predicted molar refractivity (Wildman–Crippen MR) is 174 cm³/mol. The van der Waals surface area contributed by atoms with Crippen molar-refractivity contribution < 1.29 is 5.11 Å². The van der Waals surface area contributed by atoms with Gasteiger partial charge in [0.15, 0.2) is 0 Å². The topological polar surface area (TPSA) is 23.1 Å². The van der Waals surface area contributed by atoms with E-state index in [1.165, 1.54) is 40.5 Å². The zero-order chi connectivity index (χ0) is 28.0. The van der Waals surface area contributed by atoms with E-state index in [9.17, 15) is 5.11 Å². The van der Waals surface area contributed by atoms with Crippen molar-refractivity contribution in [3.63, 3.8) is 0 Å². The maximum Gasteiger partial charge on any atom is 0.144 e. The van der Waals surface area contributed by atoms with Crippen molar-refractivity contribution in [3.05, 3.63) is 151 Å². The Labute approximate surface area is 241 Å². The molecule has 0 radical (unpaired) electrons. The van der Waals surface area contributed by atoms with Crippen LogP contribution in [0.4, 0.5) is 0 Å².